The van der Waals surface area contributed by atoms with Gasteiger partial charge in [0.25, 0.3) is 0 Å². The number of thiophene rings is 1. The summed E-state index contributed by atoms with van der Waals surface area (Å²) >= 11 is 1.45. The molecule has 0 aliphatic rings. The van der Waals surface area contributed by atoms with Crippen LogP contribution in [-0.2, 0) is 21.2 Å². The second-order valence-corrected chi connectivity index (χ2v) is 8.77. The number of nitrogens with zero attached hydrogens (tertiary/aromatic N) is 1. The summed E-state index contributed by atoms with van der Waals surface area (Å²) in [4.78, 5) is 12.8. The number of carbonyl (C=O) groups excluding carboxylic acids is 1. The first-order valence-electron chi connectivity index (χ1n) is 8.52. The highest BCUT2D eigenvalue weighted by Crippen LogP contribution is 2.41. The predicted octanol–water partition coefficient (Wildman–Crippen LogP) is 3.51. The van der Waals surface area contributed by atoms with Crippen molar-refractivity contribution >= 4 is 27.3 Å². The molecular formula is C20H20N2O4S2. The Morgan fingerprint density at radius 3 is 2.36 bits per heavy atom. The van der Waals surface area contributed by atoms with Gasteiger partial charge in [-0.1, -0.05) is 48.5 Å². The van der Waals surface area contributed by atoms with Crippen LogP contribution in [0.15, 0.2) is 64.9 Å². The molecular weight excluding hydrogens is 396 g/mol. The molecule has 0 bridgehead atoms. The van der Waals surface area contributed by atoms with Gasteiger partial charge < -0.3 is 0 Å². The maximum absolute atomic E-state index is 12.1. The normalized spacial score (nSPS) is 11.4. The van der Waals surface area contributed by atoms with Crippen LogP contribution in [0, 0.1) is 0 Å². The highest BCUT2D eigenvalue weighted by Gasteiger charge is 2.21. The van der Waals surface area contributed by atoms with Gasteiger partial charge in [0.15, 0.2) is 0 Å². The molecule has 3 rings (SSSR count). The van der Waals surface area contributed by atoms with Crippen molar-refractivity contribution in [2.45, 2.75) is 17.7 Å². The summed E-state index contributed by atoms with van der Waals surface area (Å²) in [6, 6.07) is 16.2. The van der Waals surface area contributed by atoms with E-state index < -0.39 is 10.0 Å². The van der Waals surface area contributed by atoms with Gasteiger partial charge in [-0.3, -0.25) is 10.0 Å². The Hall–Kier alpha value is -2.52. The van der Waals surface area contributed by atoms with Gasteiger partial charge in [0, 0.05) is 35.0 Å². The molecule has 3 aromatic rings. The van der Waals surface area contributed by atoms with E-state index in [2.05, 4.69) is 0 Å². The molecule has 28 heavy (non-hydrogen) atoms. The van der Waals surface area contributed by atoms with Crippen LogP contribution in [0.3, 0.4) is 0 Å². The minimum absolute atomic E-state index is 0.0581. The number of benzene rings is 2. The summed E-state index contributed by atoms with van der Waals surface area (Å²) < 4.78 is 24.1. The van der Waals surface area contributed by atoms with E-state index in [1.165, 1.54) is 24.5 Å². The Labute approximate surface area is 167 Å². The van der Waals surface area contributed by atoms with E-state index in [1.54, 1.807) is 18.2 Å². The van der Waals surface area contributed by atoms with E-state index >= 15 is 0 Å². The first-order chi connectivity index (χ1) is 13.3. The lowest BCUT2D eigenvalue weighted by atomic mass is 9.95. The summed E-state index contributed by atoms with van der Waals surface area (Å²) in [7, 11) is -2.60. The van der Waals surface area contributed by atoms with E-state index in [-0.39, 0.29) is 17.2 Å². The molecule has 0 aliphatic heterocycles. The molecule has 8 heteroatoms. The monoisotopic (exact) mass is 416 g/mol. The van der Waals surface area contributed by atoms with Gasteiger partial charge in [0.2, 0.25) is 15.9 Å². The van der Waals surface area contributed by atoms with Crippen molar-refractivity contribution in [2.75, 3.05) is 7.05 Å². The van der Waals surface area contributed by atoms with E-state index in [4.69, 9.17) is 5.14 Å². The number of sulfonamides is 1. The van der Waals surface area contributed by atoms with Gasteiger partial charge in [-0.2, -0.15) is 0 Å². The van der Waals surface area contributed by atoms with E-state index in [0.717, 1.165) is 21.6 Å². The van der Waals surface area contributed by atoms with Crippen molar-refractivity contribution in [3.8, 4) is 22.3 Å². The number of carbonyl (C=O) groups is 1. The Morgan fingerprint density at radius 2 is 1.71 bits per heavy atom. The summed E-state index contributed by atoms with van der Waals surface area (Å²) in [6.45, 7) is 0. The molecule has 0 aliphatic carbocycles. The zero-order valence-corrected chi connectivity index (χ0v) is 16.8. The van der Waals surface area contributed by atoms with E-state index in [9.17, 15) is 18.4 Å². The highest BCUT2D eigenvalue weighted by atomic mass is 32.2. The van der Waals surface area contributed by atoms with Crippen LogP contribution in [0.5, 0.6) is 0 Å². The van der Waals surface area contributed by atoms with Gasteiger partial charge in [0.1, 0.15) is 0 Å². The zero-order valence-electron chi connectivity index (χ0n) is 15.2. The molecule has 0 unspecified atom stereocenters. The standard InChI is InChI=1S/C20H20N2O4S2/c1-22(24)19(23)12-11-17-20(14-7-3-2-4-8-14)16(13-27-17)15-9-5-6-10-18(15)28(21,25)26/h2-10,13,24H,11-12H2,1H3,(H2,21,25,26). The second kappa shape index (κ2) is 8.24. The number of nitrogens with two attached hydrogens (primary N) is 1. The van der Waals surface area contributed by atoms with Crippen LogP contribution in [0.25, 0.3) is 22.3 Å². The lowest BCUT2D eigenvalue weighted by molar-refractivity contribution is -0.159. The molecule has 1 heterocycles. The summed E-state index contributed by atoms with van der Waals surface area (Å²) in [6.07, 6.45) is 0.569. The van der Waals surface area contributed by atoms with Gasteiger partial charge in [-0.15, -0.1) is 11.3 Å². The Bertz CT molecular complexity index is 1090. The average molecular weight is 417 g/mol. The Morgan fingerprint density at radius 1 is 1.07 bits per heavy atom. The molecule has 1 amide bonds. The minimum Gasteiger partial charge on any atom is -0.286 e. The smallest absolute Gasteiger partial charge is 0.246 e. The summed E-state index contributed by atoms with van der Waals surface area (Å²) in [5.74, 6) is -0.390. The van der Waals surface area contributed by atoms with Gasteiger partial charge in [0.05, 0.1) is 4.90 Å². The predicted molar refractivity (Wildman–Crippen MR) is 109 cm³/mol. The van der Waals surface area contributed by atoms with Gasteiger partial charge in [-0.25, -0.2) is 18.6 Å². The number of amides is 1. The maximum atomic E-state index is 12.1. The topological polar surface area (TPSA) is 101 Å². The van der Waals surface area contributed by atoms with Crippen LogP contribution < -0.4 is 5.14 Å². The molecule has 0 spiro atoms. The Kier molecular flexibility index (Phi) is 5.95. The molecule has 146 valence electrons. The van der Waals surface area contributed by atoms with Crippen molar-refractivity contribution < 1.29 is 18.4 Å². The van der Waals surface area contributed by atoms with E-state index in [1.807, 2.05) is 35.7 Å². The van der Waals surface area contributed by atoms with Crippen LogP contribution in [-0.4, -0.2) is 31.6 Å². The van der Waals surface area contributed by atoms with Crippen LogP contribution >= 0.6 is 11.3 Å². The fourth-order valence-corrected chi connectivity index (χ4v) is 4.84. The zero-order chi connectivity index (χ0) is 20.3. The number of hydrogen-bond acceptors (Lipinski definition) is 5. The summed E-state index contributed by atoms with van der Waals surface area (Å²) in [5.41, 5.74) is 3.07. The second-order valence-electron chi connectivity index (χ2n) is 6.27. The largest absolute Gasteiger partial charge is 0.286 e. The lowest BCUT2D eigenvalue weighted by Crippen LogP contribution is -2.22. The quantitative estimate of drug-likeness (QED) is 0.474. The Balaban J connectivity index is 2.15. The maximum Gasteiger partial charge on any atom is 0.246 e. The van der Waals surface area contributed by atoms with Crippen molar-refractivity contribution in [3.05, 3.63) is 64.9 Å². The lowest BCUT2D eigenvalue weighted by Gasteiger charge is -2.12. The third-order valence-corrected chi connectivity index (χ3v) is 6.36. The van der Waals surface area contributed by atoms with Crippen molar-refractivity contribution in [2.24, 2.45) is 5.14 Å². The molecule has 0 fully saturated rings. The first-order valence-corrected chi connectivity index (χ1v) is 10.9. The fraction of sp³-hybridized carbons (Fsp3) is 0.150. The molecule has 2 aromatic carbocycles. The molecule has 3 N–H and O–H groups in total. The minimum atomic E-state index is -3.90. The first kappa shape index (κ1) is 20.2. The van der Waals surface area contributed by atoms with E-state index in [0.29, 0.717) is 17.0 Å². The van der Waals surface area contributed by atoms with Crippen LogP contribution in [0.4, 0.5) is 0 Å². The molecule has 0 atom stereocenters. The van der Waals surface area contributed by atoms with Crippen molar-refractivity contribution in [1.29, 1.82) is 0 Å². The molecule has 6 nitrogen and oxygen atoms in total. The number of hydrogen-bond donors (Lipinski definition) is 2. The molecule has 0 saturated heterocycles. The number of rotatable bonds is 6. The van der Waals surface area contributed by atoms with Crippen LogP contribution in [0.1, 0.15) is 11.3 Å². The SMILES string of the molecule is CN(O)C(=O)CCc1scc(-c2ccccc2S(N)(=O)=O)c1-c1ccccc1. The third kappa shape index (κ3) is 4.31. The van der Waals surface area contributed by atoms with Gasteiger partial charge >= 0.3 is 0 Å². The van der Waals surface area contributed by atoms with Crippen molar-refractivity contribution in [3.63, 3.8) is 0 Å². The molecule has 0 radical (unpaired) electrons. The van der Waals surface area contributed by atoms with Gasteiger partial charge in [-0.05, 0) is 23.4 Å². The third-order valence-electron chi connectivity index (χ3n) is 4.34. The average Bonchev–Trinajstić information content (AvgIpc) is 3.09. The number of aryl methyl sites for hydroxylation is 1. The highest BCUT2D eigenvalue weighted by molar-refractivity contribution is 7.89. The number of primary sulfonamides is 1. The fourth-order valence-electron chi connectivity index (χ4n) is 3.02. The molecule has 0 saturated carbocycles. The summed E-state index contributed by atoms with van der Waals surface area (Å²) in [5, 5.41) is 17.2. The van der Waals surface area contributed by atoms with Crippen LogP contribution in [0.2, 0.25) is 0 Å². The number of hydroxylamine groups is 2. The van der Waals surface area contributed by atoms with Crippen molar-refractivity contribution in [1.82, 2.24) is 5.06 Å². The molecule has 1 aromatic heterocycles.